The zero-order valence-corrected chi connectivity index (χ0v) is 4.86. The van der Waals surface area contributed by atoms with Crippen LogP contribution in [-0.2, 0) is 0 Å². The monoisotopic (exact) mass is 127 g/mol. The molecule has 0 aromatic carbocycles. The van der Waals surface area contributed by atoms with Crippen molar-refractivity contribution in [3.8, 4) is 0 Å². The van der Waals surface area contributed by atoms with E-state index < -0.39 is 0 Å². The standard InChI is InChI=1S/C4H5N3.H4N2/c5-4-6-2-1-3-7-4;1-2/h1-3H,(H2,5,6,7);1-2H2. The van der Waals surface area contributed by atoms with Crippen molar-refractivity contribution in [2.24, 2.45) is 11.7 Å². The molecule has 0 aliphatic heterocycles. The van der Waals surface area contributed by atoms with E-state index in [2.05, 4.69) is 21.7 Å². The molecule has 50 valence electrons. The number of aromatic nitrogens is 2. The lowest BCUT2D eigenvalue weighted by Gasteiger charge is -1.82. The van der Waals surface area contributed by atoms with Crippen molar-refractivity contribution in [1.29, 1.82) is 0 Å². The minimum Gasteiger partial charge on any atom is -0.368 e. The van der Waals surface area contributed by atoms with E-state index >= 15 is 0 Å². The minimum atomic E-state index is 0.322. The smallest absolute Gasteiger partial charge is 0.219 e. The van der Waals surface area contributed by atoms with Gasteiger partial charge in [-0.25, -0.2) is 9.97 Å². The highest BCUT2D eigenvalue weighted by molar-refractivity contribution is 5.11. The van der Waals surface area contributed by atoms with Gasteiger partial charge in [-0.1, -0.05) is 0 Å². The third kappa shape index (κ3) is 3.39. The summed E-state index contributed by atoms with van der Waals surface area (Å²) >= 11 is 0. The number of hydrazine groups is 1. The van der Waals surface area contributed by atoms with Crippen molar-refractivity contribution in [3.63, 3.8) is 0 Å². The van der Waals surface area contributed by atoms with Gasteiger partial charge in [0.2, 0.25) is 5.95 Å². The molecule has 0 aliphatic carbocycles. The summed E-state index contributed by atoms with van der Waals surface area (Å²) in [5.74, 6) is 8.32. The van der Waals surface area contributed by atoms with Crippen LogP contribution < -0.4 is 17.4 Å². The molecular formula is C4H9N5. The van der Waals surface area contributed by atoms with E-state index in [9.17, 15) is 0 Å². The Labute approximate surface area is 52.9 Å². The van der Waals surface area contributed by atoms with Gasteiger partial charge < -0.3 is 5.73 Å². The first-order valence-corrected chi connectivity index (χ1v) is 2.25. The Morgan fingerprint density at radius 1 is 1.11 bits per heavy atom. The third-order valence-electron chi connectivity index (χ3n) is 0.586. The number of nitrogen functional groups attached to an aromatic ring is 1. The second-order valence-corrected chi connectivity index (χ2v) is 1.11. The second-order valence-electron chi connectivity index (χ2n) is 1.11. The van der Waals surface area contributed by atoms with Gasteiger partial charge in [0.25, 0.3) is 0 Å². The van der Waals surface area contributed by atoms with Gasteiger partial charge in [-0.3, -0.25) is 11.7 Å². The highest BCUT2D eigenvalue weighted by Crippen LogP contribution is 1.81. The van der Waals surface area contributed by atoms with Crippen LogP contribution in [0, 0.1) is 0 Å². The normalized spacial score (nSPS) is 7.33. The van der Waals surface area contributed by atoms with E-state index in [1.165, 1.54) is 0 Å². The largest absolute Gasteiger partial charge is 0.368 e. The first kappa shape index (κ1) is 7.80. The lowest BCUT2D eigenvalue weighted by molar-refractivity contribution is 1.19. The highest BCUT2D eigenvalue weighted by Gasteiger charge is 1.75. The molecule has 1 aromatic heterocycles. The summed E-state index contributed by atoms with van der Waals surface area (Å²) in [4.78, 5) is 7.29. The maximum absolute atomic E-state index is 5.14. The molecule has 0 fully saturated rings. The molecule has 0 saturated heterocycles. The number of anilines is 1. The summed E-state index contributed by atoms with van der Waals surface area (Å²) < 4.78 is 0. The molecule has 0 spiro atoms. The maximum atomic E-state index is 5.14. The van der Waals surface area contributed by atoms with Crippen molar-refractivity contribution in [2.75, 3.05) is 5.73 Å². The molecule has 1 rings (SSSR count). The fourth-order valence-corrected chi connectivity index (χ4v) is 0.311. The zero-order valence-electron chi connectivity index (χ0n) is 4.86. The lowest BCUT2D eigenvalue weighted by atomic mass is 10.7. The molecule has 1 heterocycles. The number of hydrogen-bond donors (Lipinski definition) is 3. The van der Waals surface area contributed by atoms with Crippen LogP contribution in [-0.4, -0.2) is 9.97 Å². The lowest BCUT2D eigenvalue weighted by Crippen LogP contribution is -2.02. The van der Waals surface area contributed by atoms with Gasteiger partial charge in [-0.05, 0) is 6.07 Å². The average Bonchev–Trinajstić information content (AvgIpc) is 1.94. The van der Waals surface area contributed by atoms with Crippen LogP contribution >= 0.6 is 0 Å². The van der Waals surface area contributed by atoms with Crippen LogP contribution in [0.1, 0.15) is 0 Å². The molecule has 5 nitrogen and oxygen atoms in total. The van der Waals surface area contributed by atoms with E-state index in [-0.39, 0.29) is 0 Å². The molecule has 0 bridgehead atoms. The van der Waals surface area contributed by atoms with Gasteiger partial charge in [-0.15, -0.1) is 0 Å². The van der Waals surface area contributed by atoms with Crippen molar-refractivity contribution < 1.29 is 0 Å². The van der Waals surface area contributed by atoms with Crippen LogP contribution in [0.2, 0.25) is 0 Å². The summed E-state index contributed by atoms with van der Waals surface area (Å²) in [7, 11) is 0. The van der Waals surface area contributed by atoms with Gasteiger partial charge in [0.05, 0.1) is 0 Å². The molecule has 9 heavy (non-hydrogen) atoms. The van der Waals surface area contributed by atoms with E-state index in [1.807, 2.05) is 0 Å². The Kier molecular flexibility index (Phi) is 4.29. The van der Waals surface area contributed by atoms with Crippen LogP contribution in [0.15, 0.2) is 18.5 Å². The number of nitrogens with zero attached hydrogens (tertiary/aromatic N) is 2. The zero-order chi connectivity index (χ0) is 7.11. The van der Waals surface area contributed by atoms with Crippen LogP contribution in [0.3, 0.4) is 0 Å². The Hall–Kier alpha value is -1.20. The summed E-state index contributed by atoms with van der Waals surface area (Å²) in [5, 5.41) is 0. The fraction of sp³-hybridized carbons (Fsp3) is 0. The van der Waals surface area contributed by atoms with Gasteiger partial charge in [0, 0.05) is 12.4 Å². The number of hydrogen-bond acceptors (Lipinski definition) is 5. The minimum absolute atomic E-state index is 0.322. The van der Waals surface area contributed by atoms with Crippen LogP contribution in [0.5, 0.6) is 0 Å². The summed E-state index contributed by atoms with van der Waals surface area (Å²) in [6.45, 7) is 0. The summed E-state index contributed by atoms with van der Waals surface area (Å²) in [6.07, 6.45) is 3.20. The molecule has 1 aromatic rings. The van der Waals surface area contributed by atoms with Gasteiger partial charge in [0.1, 0.15) is 0 Å². The Balaban J connectivity index is 0.000000291. The average molecular weight is 127 g/mol. The SMILES string of the molecule is NN.Nc1ncccn1. The predicted octanol–water partition coefficient (Wildman–Crippen LogP) is -1.12. The molecule has 0 atom stereocenters. The van der Waals surface area contributed by atoms with Crippen molar-refractivity contribution >= 4 is 5.95 Å². The fourth-order valence-electron chi connectivity index (χ4n) is 0.311. The van der Waals surface area contributed by atoms with Crippen molar-refractivity contribution in [1.82, 2.24) is 9.97 Å². The van der Waals surface area contributed by atoms with E-state index in [4.69, 9.17) is 5.73 Å². The van der Waals surface area contributed by atoms with Crippen molar-refractivity contribution in [3.05, 3.63) is 18.5 Å². The predicted molar refractivity (Wildman–Crippen MR) is 34.8 cm³/mol. The van der Waals surface area contributed by atoms with E-state index in [0.29, 0.717) is 5.95 Å². The highest BCUT2D eigenvalue weighted by atomic mass is 15.0. The summed E-state index contributed by atoms with van der Waals surface area (Å²) in [5.41, 5.74) is 5.14. The van der Waals surface area contributed by atoms with E-state index in [0.717, 1.165) is 0 Å². The molecule has 6 N–H and O–H groups in total. The van der Waals surface area contributed by atoms with Crippen molar-refractivity contribution in [2.45, 2.75) is 0 Å². The van der Waals surface area contributed by atoms with Gasteiger partial charge >= 0.3 is 0 Å². The first-order valence-electron chi connectivity index (χ1n) is 2.25. The van der Waals surface area contributed by atoms with E-state index in [1.54, 1.807) is 18.5 Å². The first-order chi connectivity index (χ1) is 4.39. The molecule has 5 heteroatoms. The summed E-state index contributed by atoms with van der Waals surface area (Å²) in [6, 6.07) is 1.72. The molecule has 0 aliphatic rings. The Bertz CT molecular complexity index is 139. The second kappa shape index (κ2) is 4.95. The maximum Gasteiger partial charge on any atom is 0.219 e. The third-order valence-corrected chi connectivity index (χ3v) is 0.586. The molecule has 0 unspecified atom stereocenters. The topological polar surface area (TPSA) is 104 Å². The van der Waals surface area contributed by atoms with Crippen LogP contribution in [0.4, 0.5) is 5.95 Å². The molecule has 0 saturated carbocycles. The van der Waals surface area contributed by atoms with Gasteiger partial charge in [0.15, 0.2) is 0 Å². The Morgan fingerprint density at radius 3 is 1.78 bits per heavy atom. The molecular weight excluding hydrogens is 118 g/mol. The Morgan fingerprint density at radius 2 is 1.56 bits per heavy atom. The van der Waals surface area contributed by atoms with Crippen LogP contribution in [0.25, 0.3) is 0 Å². The molecule has 0 amide bonds. The number of rotatable bonds is 0. The molecule has 0 radical (unpaired) electrons. The quantitative estimate of drug-likeness (QED) is 0.302. The van der Waals surface area contributed by atoms with Gasteiger partial charge in [-0.2, -0.15) is 0 Å². The number of nitrogens with two attached hydrogens (primary N) is 3.